The van der Waals surface area contributed by atoms with E-state index in [9.17, 15) is 18.0 Å². The van der Waals surface area contributed by atoms with E-state index in [1.807, 2.05) is 0 Å². The first-order chi connectivity index (χ1) is 18.6. The topological polar surface area (TPSA) is 131 Å². The average molecular weight is 549 g/mol. The van der Waals surface area contributed by atoms with E-state index in [0.29, 0.717) is 34.1 Å². The van der Waals surface area contributed by atoms with E-state index in [2.05, 4.69) is 15.3 Å². The Bertz CT molecular complexity index is 1670. The second-order valence-electron chi connectivity index (χ2n) is 8.73. The number of aryl methyl sites for hydroxylation is 2. The van der Waals surface area contributed by atoms with Gasteiger partial charge in [0.25, 0.3) is 15.6 Å². The second-order valence-corrected chi connectivity index (χ2v) is 10.6. The molecule has 0 saturated heterocycles. The molecule has 0 atom stereocenters. The number of hydrogen-bond donors (Lipinski definition) is 2. The fraction of sp³-hybridized carbons (Fsp3) is 0.179. The lowest BCUT2D eigenvalue weighted by Gasteiger charge is -2.25. The zero-order valence-electron chi connectivity index (χ0n) is 21.9. The molecule has 1 amide bonds. The highest BCUT2D eigenvalue weighted by Gasteiger charge is 2.30. The Morgan fingerprint density at radius 3 is 2.38 bits per heavy atom. The van der Waals surface area contributed by atoms with Crippen LogP contribution in [0.25, 0.3) is 11.4 Å². The molecule has 2 N–H and O–H groups in total. The SMILES string of the molecule is COc1ccc(N(CC(=O)Nc2cccc(-c3nc(C)cc(=O)[nH]3)c2)S(=O)(=O)c2cc(C)ccc2OC)cc1. The van der Waals surface area contributed by atoms with Crippen molar-refractivity contribution in [2.24, 2.45) is 0 Å². The standard InChI is InChI=1S/C28H28N4O6S/c1-18-8-13-24(38-4)25(14-18)39(35,36)32(22-9-11-23(37-3)12-10-22)17-27(34)30-21-7-5-6-20(16-21)28-29-19(2)15-26(33)31-28/h5-16H,17H2,1-4H3,(H,30,34)(H,29,31,33). The number of nitrogens with zero attached hydrogens (tertiary/aromatic N) is 2. The fourth-order valence-electron chi connectivity index (χ4n) is 3.96. The predicted octanol–water partition coefficient (Wildman–Crippen LogP) is 3.90. The maximum atomic E-state index is 13.9. The van der Waals surface area contributed by atoms with E-state index >= 15 is 0 Å². The Balaban J connectivity index is 1.67. The Morgan fingerprint density at radius 1 is 0.974 bits per heavy atom. The van der Waals surface area contributed by atoms with Crippen molar-refractivity contribution in [3.05, 3.63) is 94.4 Å². The Hall–Kier alpha value is -4.64. The summed E-state index contributed by atoms with van der Waals surface area (Å²) in [5, 5.41) is 2.75. The largest absolute Gasteiger partial charge is 0.497 e. The van der Waals surface area contributed by atoms with Gasteiger partial charge in [0.2, 0.25) is 5.91 Å². The van der Waals surface area contributed by atoms with E-state index in [0.717, 1.165) is 4.31 Å². The van der Waals surface area contributed by atoms with Crippen LogP contribution in [0.1, 0.15) is 11.3 Å². The molecule has 0 fully saturated rings. The minimum Gasteiger partial charge on any atom is -0.497 e. The summed E-state index contributed by atoms with van der Waals surface area (Å²) < 4.78 is 39.3. The van der Waals surface area contributed by atoms with Gasteiger partial charge in [-0.25, -0.2) is 13.4 Å². The molecule has 39 heavy (non-hydrogen) atoms. The average Bonchev–Trinajstić information content (AvgIpc) is 2.91. The molecule has 0 radical (unpaired) electrons. The number of amides is 1. The van der Waals surface area contributed by atoms with Crippen molar-refractivity contribution in [1.29, 1.82) is 0 Å². The summed E-state index contributed by atoms with van der Waals surface area (Å²) in [5.41, 5.74) is 2.23. The van der Waals surface area contributed by atoms with Crippen molar-refractivity contribution in [1.82, 2.24) is 9.97 Å². The summed E-state index contributed by atoms with van der Waals surface area (Å²) in [7, 11) is -1.34. The summed E-state index contributed by atoms with van der Waals surface area (Å²) >= 11 is 0. The van der Waals surface area contributed by atoms with E-state index in [4.69, 9.17) is 9.47 Å². The van der Waals surface area contributed by atoms with Crippen LogP contribution in [0.5, 0.6) is 11.5 Å². The van der Waals surface area contributed by atoms with Crippen LogP contribution in [0, 0.1) is 13.8 Å². The van der Waals surface area contributed by atoms with E-state index in [-0.39, 0.29) is 21.9 Å². The number of methoxy groups -OCH3 is 2. The van der Waals surface area contributed by atoms with Gasteiger partial charge in [0.05, 0.1) is 19.9 Å². The smallest absolute Gasteiger partial charge is 0.268 e. The molecule has 10 nitrogen and oxygen atoms in total. The quantitative estimate of drug-likeness (QED) is 0.324. The fourth-order valence-corrected chi connectivity index (χ4v) is 5.62. The van der Waals surface area contributed by atoms with Gasteiger partial charge in [-0.2, -0.15) is 0 Å². The van der Waals surface area contributed by atoms with Crippen LogP contribution < -0.4 is 24.7 Å². The lowest BCUT2D eigenvalue weighted by Crippen LogP contribution is -2.38. The maximum Gasteiger partial charge on any atom is 0.268 e. The van der Waals surface area contributed by atoms with Gasteiger partial charge in [-0.05, 0) is 67.9 Å². The number of ether oxygens (including phenoxy) is 2. The van der Waals surface area contributed by atoms with Crippen LogP contribution in [-0.4, -0.2) is 45.1 Å². The Labute approximate surface area is 226 Å². The van der Waals surface area contributed by atoms with Crippen LogP contribution in [-0.2, 0) is 14.8 Å². The molecule has 11 heteroatoms. The van der Waals surface area contributed by atoms with Crippen molar-refractivity contribution in [3.63, 3.8) is 0 Å². The first-order valence-corrected chi connectivity index (χ1v) is 13.3. The normalized spacial score (nSPS) is 11.1. The lowest BCUT2D eigenvalue weighted by molar-refractivity contribution is -0.114. The van der Waals surface area contributed by atoms with Gasteiger partial charge in [0.15, 0.2) is 0 Å². The highest BCUT2D eigenvalue weighted by atomic mass is 32.2. The molecule has 0 bridgehead atoms. The molecular weight excluding hydrogens is 520 g/mol. The second kappa shape index (κ2) is 11.4. The van der Waals surface area contributed by atoms with Crippen molar-refractivity contribution in [2.75, 3.05) is 30.4 Å². The van der Waals surface area contributed by atoms with Crippen LogP contribution in [0.2, 0.25) is 0 Å². The molecule has 0 unspecified atom stereocenters. The van der Waals surface area contributed by atoms with Gasteiger partial charge in [-0.3, -0.25) is 13.9 Å². The summed E-state index contributed by atoms with van der Waals surface area (Å²) in [6, 6.07) is 19.3. The van der Waals surface area contributed by atoms with Crippen molar-refractivity contribution >= 4 is 27.3 Å². The Kier molecular flexibility index (Phi) is 8.01. The number of aromatic amines is 1. The molecule has 1 aromatic heterocycles. The third kappa shape index (κ3) is 6.27. The first-order valence-electron chi connectivity index (χ1n) is 11.9. The molecule has 1 heterocycles. The number of anilines is 2. The third-order valence-corrected chi connectivity index (χ3v) is 7.62. The van der Waals surface area contributed by atoms with Gasteiger partial charge in [0.1, 0.15) is 28.8 Å². The number of sulfonamides is 1. The van der Waals surface area contributed by atoms with E-state index < -0.39 is 22.5 Å². The van der Waals surface area contributed by atoms with Crippen LogP contribution in [0.3, 0.4) is 0 Å². The van der Waals surface area contributed by atoms with Crippen LogP contribution >= 0.6 is 0 Å². The zero-order chi connectivity index (χ0) is 28.2. The van der Waals surface area contributed by atoms with Crippen molar-refractivity contribution in [3.8, 4) is 22.9 Å². The third-order valence-electron chi connectivity index (χ3n) is 5.82. The van der Waals surface area contributed by atoms with Gasteiger partial charge < -0.3 is 19.8 Å². The molecule has 0 aliphatic heterocycles. The maximum absolute atomic E-state index is 13.9. The predicted molar refractivity (Wildman–Crippen MR) is 149 cm³/mol. The molecule has 0 aliphatic carbocycles. The summed E-state index contributed by atoms with van der Waals surface area (Å²) in [4.78, 5) is 32.1. The number of nitrogens with one attached hydrogen (secondary N) is 2. The number of carbonyl (C=O) groups is 1. The van der Waals surface area contributed by atoms with Gasteiger partial charge in [-0.1, -0.05) is 18.2 Å². The molecule has 0 aliphatic rings. The monoisotopic (exact) mass is 548 g/mol. The summed E-state index contributed by atoms with van der Waals surface area (Å²) in [6.07, 6.45) is 0. The number of rotatable bonds is 9. The molecule has 3 aromatic carbocycles. The molecule has 4 rings (SSSR count). The molecule has 202 valence electrons. The number of carbonyl (C=O) groups excluding carboxylic acids is 1. The van der Waals surface area contributed by atoms with Crippen molar-refractivity contribution < 1.29 is 22.7 Å². The lowest BCUT2D eigenvalue weighted by atomic mass is 10.2. The zero-order valence-corrected chi connectivity index (χ0v) is 22.7. The van der Waals surface area contributed by atoms with Gasteiger partial charge in [-0.15, -0.1) is 0 Å². The van der Waals surface area contributed by atoms with Crippen LogP contribution in [0.15, 0.2) is 82.5 Å². The number of aromatic nitrogens is 2. The van der Waals surface area contributed by atoms with E-state index in [1.54, 1.807) is 74.5 Å². The highest BCUT2D eigenvalue weighted by molar-refractivity contribution is 7.93. The van der Waals surface area contributed by atoms with Gasteiger partial charge in [0, 0.05) is 23.0 Å². The number of H-pyrrole nitrogens is 1. The molecule has 0 spiro atoms. The Morgan fingerprint density at radius 2 is 1.72 bits per heavy atom. The minimum absolute atomic E-state index is 0.0647. The molecular formula is C28H28N4O6S. The first kappa shape index (κ1) is 27.4. The number of benzene rings is 3. The molecule has 4 aromatic rings. The minimum atomic E-state index is -4.23. The summed E-state index contributed by atoms with van der Waals surface area (Å²) in [5.74, 6) is 0.467. The summed E-state index contributed by atoms with van der Waals surface area (Å²) in [6.45, 7) is 2.96. The number of hydrogen-bond acceptors (Lipinski definition) is 7. The van der Waals surface area contributed by atoms with Crippen LogP contribution in [0.4, 0.5) is 11.4 Å². The van der Waals surface area contributed by atoms with Crippen molar-refractivity contribution in [2.45, 2.75) is 18.7 Å². The molecule has 0 saturated carbocycles. The van der Waals surface area contributed by atoms with E-state index in [1.165, 1.54) is 26.4 Å². The van der Waals surface area contributed by atoms with Gasteiger partial charge >= 0.3 is 0 Å². The highest BCUT2D eigenvalue weighted by Crippen LogP contribution is 2.32.